The zero-order valence-corrected chi connectivity index (χ0v) is 13.0. The van der Waals surface area contributed by atoms with Gasteiger partial charge in [-0.2, -0.15) is 0 Å². The molecule has 0 bridgehead atoms. The second-order valence-electron chi connectivity index (χ2n) is 4.34. The quantitative estimate of drug-likeness (QED) is 0.823. The highest BCUT2D eigenvalue weighted by atomic mass is 79.9. The lowest BCUT2D eigenvalue weighted by Gasteiger charge is -2.36. The van der Waals surface area contributed by atoms with E-state index in [4.69, 9.17) is 4.74 Å². The van der Waals surface area contributed by atoms with E-state index < -0.39 is 0 Å². The minimum atomic E-state index is -0.218. The van der Waals surface area contributed by atoms with Crippen LogP contribution in [0.3, 0.4) is 0 Å². The Bertz CT molecular complexity index is 417. The lowest BCUT2D eigenvalue weighted by molar-refractivity contribution is 0.0440. The van der Waals surface area contributed by atoms with E-state index in [0.29, 0.717) is 18.9 Å². The predicted octanol–water partition coefficient (Wildman–Crippen LogP) is 2.52. The molecule has 0 saturated carbocycles. The molecule has 1 saturated heterocycles. The van der Waals surface area contributed by atoms with Crippen molar-refractivity contribution in [1.82, 2.24) is 10.3 Å². The molecule has 1 aliphatic heterocycles. The molecule has 1 N–H and O–H groups in total. The van der Waals surface area contributed by atoms with Gasteiger partial charge in [-0.25, -0.2) is 4.98 Å². The second kappa shape index (κ2) is 6.12. The summed E-state index contributed by atoms with van der Waals surface area (Å²) in [5, 5.41) is 3.80. The Hall–Kier alpha value is -0.460. The molecule has 0 atom stereocenters. The van der Waals surface area contributed by atoms with Crippen LogP contribution in [0.25, 0.3) is 0 Å². The van der Waals surface area contributed by atoms with Crippen molar-refractivity contribution in [2.24, 2.45) is 0 Å². The minimum Gasteiger partial charge on any atom is -0.381 e. The maximum Gasteiger partial charge on any atom is 0.270 e. The summed E-state index contributed by atoms with van der Waals surface area (Å²) >= 11 is 6.78. The summed E-state index contributed by atoms with van der Waals surface area (Å²) < 4.78 is 6.20. The van der Waals surface area contributed by atoms with E-state index in [9.17, 15) is 4.79 Å². The number of carbonyl (C=O) groups excluding carboxylic acids is 1. The van der Waals surface area contributed by atoms with Crippen molar-refractivity contribution in [3.05, 3.63) is 28.5 Å². The van der Waals surface area contributed by atoms with Crippen LogP contribution in [-0.4, -0.2) is 35.0 Å². The molecule has 1 aromatic rings. The highest BCUT2D eigenvalue weighted by Crippen LogP contribution is 2.23. The third-order valence-corrected chi connectivity index (χ3v) is 4.59. The van der Waals surface area contributed by atoms with Gasteiger partial charge in [0.05, 0.1) is 5.54 Å². The minimum absolute atomic E-state index is 0.135. The summed E-state index contributed by atoms with van der Waals surface area (Å²) in [5.74, 6) is -0.135. The number of rotatable bonds is 3. The fraction of sp³-hybridized carbons (Fsp3) is 0.500. The number of halogens is 2. The average Bonchev–Trinajstić information content (AvgIpc) is 2.40. The molecular weight excluding hydrogens is 364 g/mol. The first-order valence-corrected chi connectivity index (χ1v) is 7.64. The number of pyridine rings is 1. The molecule has 18 heavy (non-hydrogen) atoms. The van der Waals surface area contributed by atoms with Gasteiger partial charge in [-0.05, 0) is 40.9 Å². The molecule has 1 aromatic heterocycles. The van der Waals surface area contributed by atoms with Crippen LogP contribution >= 0.6 is 31.9 Å². The van der Waals surface area contributed by atoms with E-state index in [0.717, 1.165) is 22.6 Å². The van der Waals surface area contributed by atoms with Gasteiger partial charge < -0.3 is 10.1 Å². The standard InChI is InChI=1S/C12H14Br2N2O2/c13-8-12(3-5-18-6-4-12)16-11(17)10-2-1-9(14)7-15-10/h1-2,7H,3-6,8H2,(H,16,17). The smallest absolute Gasteiger partial charge is 0.270 e. The molecule has 0 aromatic carbocycles. The summed E-state index contributed by atoms with van der Waals surface area (Å²) in [6, 6.07) is 3.52. The van der Waals surface area contributed by atoms with Gasteiger partial charge in [0, 0.05) is 29.2 Å². The summed E-state index contributed by atoms with van der Waals surface area (Å²) in [5.41, 5.74) is 0.217. The van der Waals surface area contributed by atoms with Crippen molar-refractivity contribution in [2.45, 2.75) is 18.4 Å². The van der Waals surface area contributed by atoms with E-state index in [1.807, 2.05) is 6.07 Å². The predicted molar refractivity (Wildman–Crippen MR) is 76.0 cm³/mol. The van der Waals surface area contributed by atoms with Gasteiger partial charge in [0.15, 0.2) is 0 Å². The van der Waals surface area contributed by atoms with Crippen molar-refractivity contribution >= 4 is 37.8 Å². The highest BCUT2D eigenvalue weighted by Gasteiger charge is 2.33. The summed E-state index contributed by atoms with van der Waals surface area (Å²) in [4.78, 5) is 16.2. The molecule has 4 nitrogen and oxygen atoms in total. The van der Waals surface area contributed by atoms with Gasteiger partial charge in [-0.3, -0.25) is 4.79 Å². The molecule has 98 valence electrons. The first kappa shape index (κ1) is 14.0. The first-order chi connectivity index (χ1) is 8.65. The molecule has 0 unspecified atom stereocenters. The van der Waals surface area contributed by atoms with Crippen molar-refractivity contribution < 1.29 is 9.53 Å². The zero-order valence-electron chi connectivity index (χ0n) is 9.79. The van der Waals surface area contributed by atoms with Crippen molar-refractivity contribution in [3.63, 3.8) is 0 Å². The van der Waals surface area contributed by atoms with Crippen molar-refractivity contribution in [2.75, 3.05) is 18.5 Å². The molecule has 0 spiro atoms. The van der Waals surface area contributed by atoms with Gasteiger partial charge >= 0.3 is 0 Å². The number of amides is 1. The number of alkyl halides is 1. The summed E-state index contributed by atoms with van der Waals surface area (Å²) in [7, 11) is 0. The number of carbonyl (C=O) groups is 1. The molecule has 6 heteroatoms. The Morgan fingerprint density at radius 2 is 2.17 bits per heavy atom. The molecular formula is C12H14Br2N2O2. The van der Waals surface area contributed by atoms with E-state index in [1.165, 1.54) is 0 Å². The molecule has 1 aliphatic rings. The van der Waals surface area contributed by atoms with Crippen LogP contribution in [0.1, 0.15) is 23.3 Å². The monoisotopic (exact) mass is 376 g/mol. The van der Waals surface area contributed by atoms with Gasteiger partial charge in [0.25, 0.3) is 5.91 Å². The van der Waals surface area contributed by atoms with E-state index in [1.54, 1.807) is 12.3 Å². The Balaban J connectivity index is 2.07. The topological polar surface area (TPSA) is 51.2 Å². The highest BCUT2D eigenvalue weighted by molar-refractivity contribution is 9.10. The summed E-state index contributed by atoms with van der Waals surface area (Å²) in [6.45, 7) is 1.36. The Labute approximate surface area is 123 Å². The third-order valence-electron chi connectivity index (χ3n) is 3.04. The number of nitrogens with zero attached hydrogens (tertiary/aromatic N) is 1. The van der Waals surface area contributed by atoms with Crippen LogP contribution < -0.4 is 5.32 Å². The number of aromatic nitrogens is 1. The van der Waals surface area contributed by atoms with Gasteiger partial charge in [0.2, 0.25) is 0 Å². The molecule has 0 aliphatic carbocycles. The molecule has 2 heterocycles. The maximum atomic E-state index is 12.1. The largest absolute Gasteiger partial charge is 0.381 e. The number of ether oxygens (including phenoxy) is 1. The van der Waals surface area contributed by atoms with Crippen LogP contribution in [-0.2, 0) is 4.74 Å². The first-order valence-electron chi connectivity index (χ1n) is 5.73. The van der Waals surface area contributed by atoms with Crippen LogP contribution in [0.2, 0.25) is 0 Å². The fourth-order valence-corrected chi connectivity index (χ4v) is 2.80. The normalized spacial score (nSPS) is 18.3. The van der Waals surface area contributed by atoms with E-state index in [2.05, 4.69) is 42.2 Å². The fourth-order valence-electron chi connectivity index (χ4n) is 1.87. The van der Waals surface area contributed by atoms with E-state index >= 15 is 0 Å². The Morgan fingerprint density at radius 1 is 1.44 bits per heavy atom. The SMILES string of the molecule is O=C(NC1(CBr)CCOCC1)c1ccc(Br)cn1. The Morgan fingerprint density at radius 3 is 2.72 bits per heavy atom. The van der Waals surface area contributed by atoms with E-state index in [-0.39, 0.29) is 11.4 Å². The Kier molecular flexibility index (Phi) is 4.75. The van der Waals surface area contributed by atoms with Crippen LogP contribution in [0, 0.1) is 0 Å². The van der Waals surface area contributed by atoms with Crippen molar-refractivity contribution in [3.8, 4) is 0 Å². The summed E-state index contributed by atoms with van der Waals surface area (Å²) in [6.07, 6.45) is 3.26. The van der Waals surface area contributed by atoms with Gasteiger partial charge in [-0.1, -0.05) is 15.9 Å². The van der Waals surface area contributed by atoms with Crippen LogP contribution in [0.15, 0.2) is 22.8 Å². The molecule has 1 fully saturated rings. The third kappa shape index (κ3) is 3.30. The lowest BCUT2D eigenvalue weighted by Crippen LogP contribution is -2.53. The van der Waals surface area contributed by atoms with Crippen molar-refractivity contribution in [1.29, 1.82) is 0 Å². The van der Waals surface area contributed by atoms with Crippen LogP contribution in [0.4, 0.5) is 0 Å². The lowest BCUT2D eigenvalue weighted by atomic mass is 9.92. The van der Waals surface area contributed by atoms with Gasteiger partial charge in [-0.15, -0.1) is 0 Å². The maximum absolute atomic E-state index is 12.1. The molecule has 2 rings (SSSR count). The number of nitrogens with one attached hydrogen (secondary N) is 1. The van der Waals surface area contributed by atoms with Gasteiger partial charge in [0.1, 0.15) is 5.69 Å². The molecule has 0 radical (unpaired) electrons. The number of hydrogen-bond acceptors (Lipinski definition) is 3. The average molecular weight is 378 g/mol. The number of hydrogen-bond donors (Lipinski definition) is 1. The second-order valence-corrected chi connectivity index (χ2v) is 5.82. The molecule has 1 amide bonds. The van der Waals surface area contributed by atoms with Crippen LogP contribution in [0.5, 0.6) is 0 Å². The zero-order chi connectivity index (χ0) is 13.0.